The molecule has 0 N–H and O–H groups in total. The molecule has 0 saturated heterocycles. The molecule has 0 aliphatic rings. The summed E-state index contributed by atoms with van der Waals surface area (Å²) in [6, 6.07) is 2.16. The molecule has 1 unspecified atom stereocenters. The van der Waals surface area contributed by atoms with Gasteiger partial charge in [0.25, 0.3) is 0 Å². The fraction of sp³-hybridized carbons (Fsp3) is 0.500. The highest BCUT2D eigenvalue weighted by Gasteiger charge is 2.13. The summed E-state index contributed by atoms with van der Waals surface area (Å²) in [5, 5.41) is 5.35. The molecule has 0 fully saturated rings. The number of methoxy groups -OCH3 is 1. The van der Waals surface area contributed by atoms with Crippen LogP contribution in [0.1, 0.15) is 49.5 Å². The van der Waals surface area contributed by atoms with E-state index >= 15 is 0 Å². The van der Waals surface area contributed by atoms with Crippen LogP contribution in [0.25, 0.3) is 11.0 Å². The van der Waals surface area contributed by atoms with Crippen molar-refractivity contribution in [1.29, 1.82) is 0 Å². The summed E-state index contributed by atoms with van der Waals surface area (Å²) in [7, 11) is 1.37. The first-order chi connectivity index (χ1) is 9.19. The fourth-order valence-corrected chi connectivity index (χ4v) is 2.21. The van der Waals surface area contributed by atoms with Gasteiger partial charge in [0.15, 0.2) is 5.65 Å². The molecule has 5 heteroatoms. The smallest absolute Gasteiger partial charge is 0.339 e. The Kier molecular flexibility index (Phi) is 4.14. The summed E-state index contributed by atoms with van der Waals surface area (Å²) in [6.07, 6.45) is 6.71. The third kappa shape index (κ3) is 2.75. The van der Waals surface area contributed by atoms with Crippen molar-refractivity contribution in [3.63, 3.8) is 0 Å². The van der Waals surface area contributed by atoms with Crippen molar-refractivity contribution < 1.29 is 9.53 Å². The third-order valence-corrected chi connectivity index (χ3v) is 3.27. The van der Waals surface area contributed by atoms with Crippen molar-refractivity contribution in [3.8, 4) is 0 Å². The molecule has 0 radical (unpaired) electrons. The summed E-state index contributed by atoms with van der Waals surface area (Å²) in [6.45, 7) is 4.32. The summed E-state index contributed by atoms with van der Waals surface area (Å²) < 4.78 is 6.65. The Balaban J connectivity index is 2.37. The quantitative estimate of drug-likeness (QED) is 0.776. The zero-order chi connectivity index (χ0) is 13.8. The number of hydrogen-bond acceptors (Lipinski definition) is 4. The Morgan fingerprint density at radius 2 is 2.26 bits per heavy atom. The number of ether oxygens (including phenoxy) is 1. The fourth-order valence-electron chi connectivity index (χ4n) is 2.21. The van der Waals surface area contributed by atoms with E-state index in [2.05, 4.69) is 23.9 Å². The van der Waals surface area contributed by atoms with Crippen molar-refractivity contribution in [3.05, 3.63) is 24.0 Å². The summed E-state index contributed by atoms with van der Waals surface area (Å²) in [5.74, 6) is -0.372. The minimum absolute atomic E-state index is 0.372. The van der Waals surface area contributed by atoms with Crippen LogP contribution in [0.2, 0.25) is 0 Å². The highest BCUT2D eigenvalue weighted by atomic mass is 16.5. The number of aromatic nitrogens is 3. The normalized spacial score (nSPS) is 12.6. The van der Waals surface area contributed by atoms with Crippen LogP contribution in [0.5, 0.6) is 0 Å². The first-order valence-electron chi connectivity index (χ1n) is 6.62. The molecule has 102 valence electrons. The van der Waals surface area contributed by atoms with Gasteiger partial charge in [-0.2, -0.15) is 5.10 Å². The van der Waals surface area contributed by atoms with Gasteiger partial charge in [-0.1, -0.05) is 20.3 Å². The Hall–Kier alpha value is -1.91. The van der Waals surface area contributed by atoms with Crippen LogP contribution in [-0.2, 0) is 4.74 Å². The molecule has 2 rings (SSSR count). The molecular formula is C14H19N3O2. The minimum Gasteiger partial charge on any atom is -0.465 e. The summed E-state index contributed by atoms with van der Waals surface area (Å²) in [5.41, 5.74) is 1.13. The van der Waals surface area contributed by atoms with Crippen molar-refractivity contribution in [1.82, 2.24) is 14.8 Å². The Bertz CT molecular complexity index is 577. The van der Waals surface area contributed by atoms with E-state index in [-0.39, 0.29) is 5.97 Å². The van der Waals surface area contributed by atoms with Crippen molar-refractivity contribution >= 4 is 17.0 Å². The second-order valence-electron chi connectivity index (χ2n) is 4.59. The molecule has 0 aromatic carbocycles. The second kappa shape index (κ2) is 5.82. The first kappa shape index (κ1) is 13.5. The van der Waals surface area contributed by atoms with Crippen LogP contribution >= 0.6 is 0 Å². The van der Waals surface area contributed by atoms with Crippen LogP contribution in [0.15, 0.2) is 18.5 Å². The van der Waals surface area contributed by atoms with E-state index in [0.717, 1.165) is 24.6 Å². The Morgan fingerprint density at radius 1 is 1.47 bits per heavy atom. The standard InChI is InChI=1S/C14H19N3O2/c1-4-6-12(5-2)17-9-11-7-10(14(18)19-3)8-15-13(11)16-17/h7-9,12H,4-6H2,1-3H3. The largest absolute Gasteiger partial charge is 0.465 e. The average Bonchev–Trinajstić information content (AvgIpc) is 2.86. The number of fused-ring (bicyclic) bond motifs is 1. The van der Waals surface area contributed by atoms with Gasteiger partial charge in [-0.05, 0) is 18.9 Å². The van der Waals surface area contributed by atoms with Crippen molar-refractivity contribution in [2.75, 3.05) is 7.11 Å². The van der Waals surface area contributed by atoms with Gasteiger partial charge >= 0.3 is 5.97 Å². The number of hydrogen-bond donors (Lipinski definition) is 0. The van der Waals surface area contributed by atoms with Crippen LogP contribution < -0.4 is 0 Å². The maximum Gasteiger partial charge on any atom is 0.339 e. The van der Waals surface area contributed by atoms with Crippen molar-refractivity contribution in [2.45, 2.75) is 39.2 Å². The minimum atomic E-state index is -0.372. The molecule has 2 heterocycles. The van der Waals surface area contributed by atoms with E-state index in [4.69, 9.17) is 4.74 Å². The van der Waals surface area contributed by atoms with Gasteiger partial charge in [0.2, 0.25) is 0 Å². The molecule has 0 aliphatic carbocycles. The maximum absolute atomic E-state index is 11.5. The average molecular weight is 261 g/mol. The van der Waals surface area contributed by atoms with Crippen molar-refractivity contribution in [2.24, 2.45) is 0 Å². The van der Waals surface area contributed by atoms with Crippen LogP contribution in [0, 0.1) is 0 Å². The van der Waals surface area contributed by atoms with E-state index in [1.54, 1.807) is 6.07 Å². The topological polar surface area (TPSA) is 57.0 Å². The molecule has 0 amide bonds. The van der Waals surface area contributed by atoms with Gasteiger partial charge in [-0.25, -0.2) is 9.78 Å². The monoisotopic (exact) mass is 261 g/mol. The lowest BCUT2D eigenvalue weighted by Crippen LogP contribution is -2.08. The lowest BCUT2D eigenvalue weighted by atomic mass is 10.1. The van der Waals surface area contributed by atoms with E-state index in [1.807, 2.05) is 10.9 Å². The molecule has 19 heavy (non-hydrogen) atoms. The molecule has 0 bridgehead atoms. The van der Waals surface area contributed by atoms with E-state index in [9.17, 15) is 4.79 Å². The van der Waals surface area contributed by atoms with E-state index in [1.165, 1.54) is 13.3 Å². The van der Waals surface area contributed by atoms with Gasteiger partial charge in [0, 0.05) is 17.8 Å². The van der Waals surface area contributed by atoms with E-state index < -0.39 is 0 Å². The number of esters is 1. The number of pyridine rings is 1. The lowest BCUT2D eigenvalue weighted by molar-refractivity contribution is 0.0600. The zero-order valence-corrected chi connectivity index (χ0v) is 11.6. The zero-order valence-electron chi connectivity index (χ0n) is 11.6. The van der Waals surface area contributed by atoms with Gasteiger partial charge in [0.05, 0.1) is 18.7 Å². The van der Waals surface area contributed by atoms with Gasteiger partial charge in [-0.3, -0.25) is 4.68 Å². The SMILES string of the molecule is CCCC(CC)n1cc2cc(C(=O)OC)cnc2n1. The second-order valence-corrected chi connectivity index (χ2v) is 4.59. The van der Waals surface area contributed by atoms with E-state index in [0.29, 0.717) is 17.3 Å². The third-order valence-electron chi connectivity index (χ3n) is 3.27. The molecule has 0 aliphatic heterocycles. The number of nitrogens with zero attached hydrogens (tertiary/aromatic N) is 3. The predicted octanol–water partition coefficient (Wildman–Crippen LogP) is 2.97. The highest BCUT2D eigenvalue weighted by molar-refractivity contribution is 5.92. The van der Waals surface area contributed by atoms with Gasteiger partial charge in [0.1, 0.15) is 0 Å². The molecule has 0 saturated carbocycles. The maximum atomic E-state index is 11.5. The van der Waals surface area contributed by atoms with Crippen LogP contribution in [0.3, 0.4) is 0 Å². The summed E-state index contributed by atoms with van der Waals surface area (Å²) >= 11 is 0. The van der Waals surface area contributed by atoms with Gasteiger partial charge < -0.3 is 4.74 Å². The molecule has 1 atom stereocenters. The molecular weight excluding hydrogens is 242 g/mol. The Labute approximate surface area is 112 Å². The first-order valence-corrected chi connectivity index (χ1v) is 6.62. The number of carbonyl (C=O) groups is 1. The van der Waals surface area contributed by atoms with Crippen LogP contribution in [0.4, 0.5) is 0 Å². The number of rotatable bonds is 5. The molecule has 5 nitrogen and oxygen atoms in total. The molecule has 0 spiro atoms. The Morgan fingerprint density at radius 3 is 2.89 bits per heavy atom. The number of carbonyl (C=O) groups excluding carboxylic acids is 1. The lowest BCUT2D eigenvalue weighted by Gasteiger charge is -2.13. The van der Waals surface area contributed by atoms with Gasteiger partial charge in [-0.15, -0.1) is 0 Å². The predicted molar refractivity (Wildman–Crippen MR) is 73.1 cm³/mol. The highest BCUT2D eigenvalue weighted by Crippen LogP contribution is 2.20. The summed E-state index contributed by atoms with van der Waals surface area (Å²) in [4.78, 5) is 15.7. The molecule has 2 aromatic heterocycles. The molecule has 2 aromatic rings. The van der Waals surface area contributed by atoms with Crippen LogP contribution in [-0.4, -0.2) is 27.8 Å².